The van der Waals surface area contributed by atoms with Gasteiger partial charge in [-0.15, -0.1) is 0 Å². The summed E-state index contributed by atoms with van der Waals surface area (Å²) >= 11 is 0. The second-order valence-corrected chi connectivity index (χ2v) is 3.99. The van der Waals surface area contributed by atoms with Crippen molar-refractivity contribution in [1.82, 2.24) is 0 Å². The van der Waals surface area contributed by atoms with Crippen molar-refractivity contribution in [3.63, 3.8) is 0 Å². The van der Waals surface area contributed by atoms with Gasteiger partial charge in [-0.25, -0.2) is 4.79 Å². The van der Waals surface area contributed by atoms with Crippen molar-refractivity contribution in [2.24, 2.45) is 0 Å². The van der Waals surface area contributed by atoms with Gasteiger partial charge in [-0.2, -0.15) is 8.78 Å². The van der Waals surface area contributed by atoms with Crippen molar-refractivity contribution in [3.8, 4) is 0 Å². The second kappa shape index (κ2) is 5.05. The van der Waals surface area contributed by atoms with Gasteiger partial charge >= 0.3 is 11.9 Å². The van der Waals surface area contributed by atoms with Crippen molar-refractivity contribution in [3.05, 3.63) is 0 Å². The fourth-order valence-electron chi connectivity index (χ4n) is 2.04. The first-order valence-corrected chi connectivity index (χ1v) is 5.20. The molecule has 0 saturated heterocycles. The van der Waals surface area contributed by atoms with E-state index in [-0.39, 0.29) is 19.6 Å². The van der Waals surface area contributed by atoms with E-state index in [2.05, 4.69) is 4.74 Å². The lowest BCUT2D eigenvalue weighted by Gasteiger charge is -2.40. The third kappa shape index (κ3) is 2.32. The van der Waals surface area contributed by atoms with Crippen molar-refractivity contribution in [2.45, 2.75) is 43.6 Å². The largest absolute Gasteiger partial charge is 0.477 e. The van der Waals surface area contributed by atoms with Gasteiger partial charge in [0.2, 0.25) is 0 Å². The van der Waals surface area contributed by atoms with E-state index in [0.717, 1.165) is 6.42 Å². The maximum absolute atomic E-state index is 13.6. The Kier molecular flexibility index (Phi) is 4.21. The van der Waals surface area contributed by atoms with Gasteiger partial charge in [0.05, 0.1) is 0 Å². The van der Waals surface area contributed by atoms with E-state index in [0.29, 0.717) is 12.8 Å². The van der Waals surface area contributed by atoms with Crippen molar-refractivity contribution >= 4 is 5.97 Å². The van der Waals surface area contributed by atoms with Gasteiger partial charge in [0.1, 0.15) is 12.4 Å². The number of hydrogen-bond donors (Lipinski definition) is 1. The monoisotopic (exact) mass is 238 g/mol. The molecule has 1 N–H and O–H groups in total. The van der Waals surface area contributed by atoms with E-state index in [9.17, 15) is 13.6 Å². The highest BCUT2D eigenvalue weighted by Gasteiger charge is 2.60. The molecule has 1 aliphatic carbocycles. The summed E-state index contributed by atoms with van der Waals surface area (Å²) in [6.45, 7) is -0.317. The minimum Gasteiger partial charge on any atom is -0.477 e. The zero-order valence-corrected chi connectivity index (χ0v) is 9.17. The van der Waals surface area contributed by atoms with Gasteiger partial charge in [0, 0.05) is 7.11 Å². The molecule has 0 atom stereocenters. The lowest BCUT2D eigenvalue weighted by atomic mass is 9.80. The Balaban J connectivity index is 2.88. The van der Waals surface area contributed by atoms with E-state index >= 15 is 0 Å². The average molecular weight is 238 g/mol. The minimum absolute atomic E-state index is 0.0513. The Morgan fingerprint density at radius 3 is 2.38 bits per heavy atom. The Labute approximate surface area is 92.5 Å². The molecule has 0 radical (unpaired) electrons. The number of carbonyl (C=O) groups is 1. The summed E-state index contributed by atoms with van der Waals surface area (Å²) < 4.78 is 36.8. The SMILES string of the molecule is COCOC1(C(F)(F)C(=O)O)CCCCC1. The predicted molar refractivity (Wildman–Crippen MR) is 51.4 cm³/mol. The number of aliphatic carboxylic acids is 1. The highest BCUT2D eigenvalue weighted by molar-refractivity contribution is 5.77. The van der Waals surface area contributed by atoms with Gasteiger partial charge in [0.25, 0.3) is 0 Å². The number of methoxy groups -OCH3 is 1. The molecule has 0 aromatic heterocycles. The third-order valence-electron chi connectivity index (χ3n) is 2.96. The smallest absolute Gasteiger partial charge is 0.377 e. The maximum atomic E-state index is 13.6. The van der Waals surface area contributed by atoms with Crippen LogP contribution in [-0.2, 0) is 14.3 Å². The Morgan fingerprint density at radius 1 is 1.38 bits per heavy atom. The number of ether oxygens (including phenoxy) is 2. The average Bonchev–Trinajstić information content (AvgIpc) is 2.27. The fraction of sp³-hybridized carbons (Fsp3) is 0.900. The number of halogens is 2. The first-order valence-electron chi connectivity index (χ1n) is 5.20. The molecule has 0 amide bonds. The normalized spacial score (nSPS) is 20.7. The van der Waals surface area contributed by atoms with E-state index in [1.54, 1.807) is 0 Å². The lowest BCUT2D eigenvalue weighted by molar-refractivity contribution is -0.253. The van der Waals surface area contributed by atoms with Gasteiger partial charge in [0.15, 0.2) is 0 Å². The summed E-state index contributed by atoms with van der Waals surface area (Å²) in [6, 6.07) is 0. The van der Waals surface area contributed by atoms with Crippen LogP contribution in [0.15, 0.2) is 0 Å². The van der Waals surface area contributed by atoms with Gasteiger partial charge in [-0.3, -0.25) is 0 Å². The van der Waals surface area contributed by atoms with Crippen LogP contribution < -0.4 is 0 Å². The zero-order valence-electron chi connectivity index (χ0n) is 9.17. The van der Waals surface area contributed by atoms with Crippen LogP contribution in [0.3, 0.4) is 0 Å². The van der Waals surface area contributed by atoms with Crippen LogP contribution in [0.5, 0.6) is 0 Å². The molecule has 1 saturated carbocycles. The first-order chi connectivity index (χ1) is 7.46. The maximum Gasteiger partial charge on any atom is 0.377 e. The fourth-order valence-corrected chi connectivity index (χ4v) is 2.04. The van der Waals surface area contributed by atoms with Crippen LogP contribution >= 0.6 is 0 Å². The highest BCUT2D eigenvalue weighted by atomic mass is 19.3. The molecule has 0 unspecified atom stereocenters. The third-order valence-corrected chi connectivity index (χ3v) is 2.96. The van der Waals surface area contributed by atoms with E-state index in [1.807, 2.05) is 0 Å². The van der Waals surface area contributed by atoms with Gasteiger partial charge in [-0.05, 0) is 12.8 Å². The molecule has 0 heterocycles. The summed E-state index contributed by atoms with van der Waals surface area (Å²) in [7, 11) is 1.31. The lowest BCUT2D eigenvalue weighted by Crippen LogP contribution is -2.56. The molecule has 94 valence electrons. The van der Waals surface area contributed by atoms with Gasteiger partial charge in [-0.1, -0.05) is 19.3 Å². The van der Waals surface area contributed by atoms with E-state index < -0.39 is 17.5 Å². The summed E-state index contributed by atoms with van der Waals surface area (Å²) in [5.74, 6) is -6.00. The molecule has 6 heteroatoms. The molecule has 4 nitrogen and oxygen atoms in total. The van der Waals surface area contributed by atoms with E-state index in [1.165, 1.54) is 7.11 Å². The van der Waals surface area contributed by atoms with Gasteiger partial charge < -0.3 is 14.6 Å². The molecular weight excluding hydrogens is 222 g/mol. The van der Waals surface area contributed by atoms with Crippen molar-refractivity contribution in [1.29, 1.82) is 0 Å². The van der Waals surface area contributed by atoms with Crippen LogP contribution in [0, 0.1) is 0 Å². The predicted octanol–water partition coefficient (Wildman–Crippen LogP) is 2.03. The Morgan fingerprint density at radius 2 is 1.94 bits per heavy atom. The summed E-state index contributed by atoms with van der Waals surface area (Å²) in [5, 5.41) is 8.59. The summed E-state index contributed by atoms with van der Waals surface area (Å²) in [5.41, 5.74) is -1.91. The minimum atomic E-state index is -3.87. The summed E-state index contributed by atoms with van der Waals surface area (Å²) in [4.78, 5) is 10.6. The van der Waals surface area contributed by atoms with Crippen molar-refractivity contribution < 1.29 is 28.2 Å². The number of carboxylic acid groups (broad SMARTS) is 1. The van der Waals surface area contributed by atoms with Crippen molar-refractivity contribution in [2.75, 3.05) is 13.9 Å². The van der Waals surface area contributed by atoms with Crippen LogP contribution in [-0.4, -0.2) is 36.5 Å². The molecule has 0 spiro atoms. The Hall–Kier alpha value is -0.750. The molecule has 0 aliphatic heterocycles. The molecule has 0 aromatic rings. The molecule has 0 aromatic carbocycles. The standard InChI is InChI=1S/C10H16F2O4/c1-15-7-16-9(5-3-2-4-6-9)10(11,12)8(13)14/h2-7H2,1H3,(H,13,14). The summed E-state index contributed by atoms with van der Waals surface area (Å²) in [6.07, 6.45) is 2.03. The number of carboxylic acids is 1. The topological polar surface area (TPSA) is 55.8 Å². The molecule has 1 aliphatic rings. The number of hydrogen-bond acceptors (Lipinski definition) is 3. The molecule has 1 fully saturated rings. The molecular formula is C10H16F2O4. The second-order valence-electron chi connectivity index (χ2n) is 3.99. The van der Waals surface area contributed by atoms with Crippen LogP contribution in [0.25, 0.3) is 0 Å². The molecule has 1 rings (SSSR count). The number of alkyl halides is 2. The van der Waals surface area contributed by atoms with Crippen LogP contribution in [0.2, 0.25) is 0 Å². The number of rotatable bonds is 5. The highest BCUT2D eigenvalue weighted by Crippen LogP contribution is 2.43. The van der Waals surface area contributed by atoms with Crippen LogP contribution in [0.4, 0.5) is 8.78 Å². The zero-order chi connectivity index (χ0) is 12.2. The molecule has 0 bridgehead atoms. The van der Waals surface area contributed by atoms with Crippen LogP contribution in [0.1, 0.15) is 32.1 Å². The quantitative estimate of drug-likeness (QED) is 0.744. The Bertz CT molecular complexity index is 249. The molecule has 16 heavy (non-hydrogen) atoms. The first kappa shape index (κ1) is 13.3. The van der Waals surface area contributed by atoms with E-state index in [4.69, 9.17) is 9.84 Å².